The Morgan fingerprint density at radius 1 is 1.38 bits per heavy atom. The van der Waals surface area contributed by atoms with Gasteiger partial charge in [0.05, 0.1) is 0 Å². The quantitative estimate of drug-likeness (QED) is 0.906. The Morgan fingerprint density at radius 2 is 2.06 bits per heavy atom. The molecular formula is C12H16BrFN2. The van der Waals surface area contributed by atoms with Crippen molar-refractivity contribution in [2.45, 2.75) is 18.5 Å². The molecule has 0 bridgehead atoms. The van der Waals surface area contributed by atoms with E-state index >= 15 is 0 Å². The third kappa shape index (κ3) is 2.55. The number of alkyl halides is 1. The second-order valence-corrected chi connectivity index (χ2v) is 5.24. The number of hydrogen-bond donors (Lipinski definition) is 1. The standard InChI is InChI=1S/C12H16BrFN2/c13-10-2-1-3-11(8-10)16-6-4-12(14,9-15)5-7-16/h1-3,8H,4-7,9,15H2. The van der Waals surface area contributed by atoms with E-state index < -0.39 is 5.67 Å². The van der Waals surface area contributed by atoms with Crippen LogP contribution < -0.4 is 10.6 Å². The Hall–Kier alpha value is -0.610. The zero-order valence-electron chi connectivity index (χ0n) is 9.13. The summed E-state index contributed by atoms with van der Waals surface area (Å²) in [6.45, 7) is 1.62. The molecule has 1 aliphatic rings. The number of rotatable bonds is 2. The number of hydrogen-bond acceptors (Lipinski definition) is 2. The van der Waals surface area contributed by atoms with Crippen molar-refractivity contribution < 1.29 is 4.39 Å². The van der Waals surface area contributed by atoms with Gasteiger partial charge in [0.2, 0.25) is 0 Å². The molecule has 2 nitrogen and oxygen atoms in total. The molecule has 0 aliphatic carbocycles. The summed E-state index contributed by atoms with van der Waals surface area (Å²) >= 11 is 3.44. The summed E-state index contributed by atoms with van der Waals surface area (Å²) in [5.41, 5.74) is 5.44. The Morgan fingerprint density at radius 3 is 2.62 bits per heavy atom. The van der Waals surface area contributed by atoms with Crippen molar-refractivity contribution in [3.05, 3.63) is 28.7 Å². The molecule has 16 heavy (non-hydrogen) atoms. The summed E-state index contributed by atoms with van der Waals surface area (Å²) in [6.07, 6.45) is 1.05. The van der Waals surface area contributed by atoms with Crippen LogP contribution in [0, 0.1) is 0 Å². The van der Waals surface area contributed by atoms with Crippen LogP contribution in [0.25, 0.3) is 0 Å². The van der Waals surface area contributed by atoms with E-state index in [9.17, 15) is 4.39 Å². The largest absolute Gasteiger partial charge is 0.371 e. The number of nitrogens with zero attached hydrogens (tertiary/aromatic N) is 1. The number of halogens is 2. The van der Waals surface area contributed by atoms with Crippen LogP contribution in [0.15, 0.2) is 28.7 Å². The van der Waals surface area contributed by atoms with Gasteiger partial charge in [-0.05, 0) is 18.2 Å². The molecule has 88 valence electrons. The van der Waals surface area contributed by atoms with Crippen molar-refractivity contribution in [1.29, 1.82) is 0 Å². The van der Waals surface area contributed by atoms with E-state index in [2.05, 4.69) is 33.0 Å². The van der Waals surface area contributed by atoms with Gasteiger partial charge in [0.25, 0.3) is 0 Å². The van der Waals surface area contributed by atoms with Crippen LogP contribution in [0.4, 0.5) is 10.1 Å². The Labute approximate surface area is 104 Å². The molecule has 1 aromatic rings. The second kappa shape index (κ2) is 4.72. The molecule has 0 atom stereocenters. The SMILES string of the molecule is NCC1(F)CCN(c2cccc(Br)c2)CC1. The van der Waals surface area contributed by atoms with E-state index in [4.69, 9.17) is 5.73 Å². The van der Waals surface area contributed by atoms with Crippen LogP contribution in [-0.4, -0.2) is 25.3 Å². The lowest BCUT2D eigenvalue weighted by Crippen LogP contribution is -2.45. The molecule has 4 heteroatoms. The van der Waals surface area contributed by atoms with Crippen molar-refractivity contribution in [3.8, 4) is 0 Å². The van der Waals surface area contributed by atoms with Crippen LogP contribution in [0.3, 0.4) is 0 Å². The van der Waals surface area contributed by atoms with Gasteiger partial charge >= 0.3 is 0 Å². The van der Waals surface area contributed by atoms with Gasteiger partial charge in [-0.2, -0.15) is 0 Å². The lowest BCUT2D eigenvalue weighted by molar-refractivity contribution is 0.135. The molecule has 0 radical (unpaired) electrons. The maximum Gasteiger partial charge on any atom is 0.126 e. The summed E-state index contributed by atoms with van der Waals surface area (Å²) < 4.78 is 15.0. The van der Waals surface area contributed by atoms with E-state index in [0.717, 1.165) is 23.2 Å². The molecule has 0 unspecified atom stereocenters. The summed E-state index contributed by atoms with van der Waals surface area (Å²) in [7, 11) is 0. The van der Waals surface area contributed by atoms with Crippen LogP contribution in [0.2, 0.25) is 0 Å². The first-order valence-electron chi connectivity index (χ1n) is 5.52. The van der Waals surface area contributed by atoms with Gasteiger partial charge in [-0.3, -0.25) is 0 Å². The maximum absolute atomic E-state index is 13.9. The first-order valence-corrected chi connectivity index (χ1v) is 6.32. The van der Waals surface area contributed by atoms with Crippen LogP contribution >= 0.6 is 15.9 Å². The highest BCUT2D eigenvalue weighted by Gasteiger charge is 2.33. The van der Waals surface area contributed by atoms with E-state index in [0.29, 0.717) is 12.8 Å². The monoisotopic (exact) mass is 286 g/mol. The highest BCUT2D eigenvalue weighted by atomic mass is 79.9. The minimum absolute atomic E-state index is 0.138. The molecule has 1 heterocycles. The van der Waals surface area contributed by atoms with Crippen molar-refractivity contribution in [1.82, 2.24) is 0 Å². The van der Waals surface area contributed by atoms with E-state index in [1.54, 1.807) is 0 Å². The fraction of sp³-hybridized carbons (Fsp3) is 0.500. The Kier molecular flexibility index (Phi) is 3.50. The third-order valence-electron chi connectivity index (χ3n) is 3.20. The molecule has 1 saturated heterocycles. The number of anilines is 1. The van der Waals surface area contributed by atoms with Crippen LogP contribution in [-0.2, 0) is 0 Å². The Balaban J connectivity index is 2.04. The first-order chi connectivity index (χ1) is 7.63. The summed E-state index contributed by atoms with van der Waals surface area (Å²) in [6, 6.07) is 8.11. The molecule has 0 amide bonds. The zero-order chi connectivity index (χ0) is 11.6. The molecule has 0 spiro atoms. The number of nitrogens with two attached hydrogens (primary N) is 1. The highest BCUT2D eigenvalue weighted by molar-refractivity contribution is 9.10. The fourth-order valence-corrected chi connectivity index (χ4v) is 2.43. The third-order valence-corrected chi connectivity index (χ3v) is 3.69. The fourth-order valence-electron chi connectivity index (χ4n) is 2.04. The molecular weight excluding hydrogens is 271 g/mol. The van der Waals surface area contributed by atoms with Crippen molar-refractivity contribution >= 4 is 21.6 Å². The lowest BCUT2D eigenvalue weighted by Gasteiger charge is -2.37. The molecule has 0 saturated carbocycles. The van der Waals surface area contributed by atoms with Gasteiger partial charge in [-0.15, -0.1) is 0 Å². The van der Waals surface area contributed by atoms with Crippen LogP contribution in [0.5, 0.6) is 0 Å². The van der Waals surface area contributed by atoms with Crippen molar-refractivity contribution in [2.24, 2.45) is 5.73 Å². The average molecular weight is 287 g/mol. The van der Waals surface area contributed by atoms with Gasteiger partial charge < -0.3 is 10.6 Å². The minimum Gasteiger partial charge on any atom is -0.371 e. The molecule has 2 rings (SSSR count). The van der Waals surface area contributed by atoms with Gasteiger partial charge in [0.15, 0.2) is 0 Å². The molecule has 1 aromatic carbocycles. The number of benzene rings is 1. The molecule has 1 aliphatic heterocycles. The summed E-state index contributed by atoms with van der Waals surface area (Å²) in [4.78, 5) is 2.21. The van der Waals surface area contributed by atoms with E-state index in [1.807, 2.05) is 12.1 Å². The molecule has 0 aromatic heterocycles. The van der Waals surface area contributed by atoms with Crippen molar-refractivity contribution in [2.75, 3.05) is 24.5 Å². The second-order valence-electron chi connectivity index (χ2n) is 4.32. The van der Waals surface area contributed by atoms with Gasteiger partial charge in [-0.25, -0.2) is 4.39 Å². The maximum atomic E-state index is 13.9. The normalized spacial score (nSPS) is 19.8. The predicted octanol–water partition coefficient (Wildman–Crippen LogP) is 2.72. The van der Waals surface area contributed by atoms with Gasteiger partial charge in [-0.1, -0.05) is 22.0 Å². The summed E-state index contributed by atoms with van der Waals surface area (Å²) in [5.74, 6) is 0. The predicted molar refractivity (Wildman–Crippen MR) is 68.5 cm³/mol. The average Bonchev–Trinajstić information content (AvgIpc) is 2.30. The van der Waals surface area contributed by atoms with Crippen molar-refractivity contribution in [3.63, 3.8) is 0 Å². The first kappa shape index (κ1) is 11.9. The van der Waals surface area contributed by atoms with E-state index in [-0.39, 0.29) is 6.54 Å². The Bertz CT molecular complexity index is 362. The molecule has 2 N–H and O–H groups in total. The number of piperidine rings is 1. The highest BCUT2D eigenvalue weighted by Crippen LogP contribution is 2.29. The lowest BCUT2D eigenvalue weighted by atomic mass is 9.93. The minimum atomic E-state index is -1.15. The summed E-state index contributed by atoms with van der Waals surface area (Å²) in [5, 5.41) is 0. The van der Waals surface area contributed by atoms with Crippen LogP contribution in [0.1, 0.15) is 12.8 Å². The van der Waals surface area contributed by atoms with Gasteiger partial charge in [0, 0.05) is 42.6 Å². The topological polar surface area (TPSA) is 29.3 Å². The smallest absolute Gasteiger partial charge is 0.126 e. The molecule has 1 fully saturated rings. The van der Waals surface area contributed by atoms with Gasteiger partial charge in [0.1, 0.15) is 5.67 Å². The van der Waals surface area contributed by atoms with E-state index in [1.165, 1.54) is 0 Å². The zero-order valence-corrected chi connectivity index (χ0v) is 10.7.